The Morgan fingerprint density at radius 3 is 2.44 bits per heavy atom. The number of carbonyl (C=O) groups is 1. The van der Waals surface area contributed by atoms with Gasteiger partial charge in [0.15, 0.2) is 0 Å². The van der Waals surface area contributed by atoms with Crippen LogP contribution in [0.2, 0.25) is 0 Å². The topological polar surface area (TPSA) is 49.3 Å². The molecule has 3 nitrogen and oxygen atoms in total. The van der Waals surface area contributed by atoms with Crippen LogP contribution >= 0.6 is 12.6 Å². The van der Waals surface area contributed by atoms with Crippen LogP contribution in [0.5, 0.6) is 0 Å². The summed E-state index contributed by atoms with van der Waals surface area (Å²) in [4.78, 5) is 10.8. The van der Waals surface area contributed by atoms with E-state index in [1.165, 1.54) is 5.56 Å². The highest BCUT2D eigenvalue weighted by Crippen LogP contribution is 2.24. The Labute approximate surface area is 114 Å². The maximum Gasteiger partial charge on any atom is 0.320 e. The number of carboxylic acid groups (broad SMARTS) is 1. The van der Waals surface area contributed by atoms with Crippen molar-refractivity contribution in [1.82, 2.24) is 5.32 Å². The van der Waals surface area contributed by atoms with Crippen LogP contribution in [0, 0.1) is 5.92 Å². The van der Waals surface area contributed by atoms with Gasteiger partial charge in [-0.3, -0.25) is 4.79 Å². The Bertz CT molecular complexity index is 369. The van der Waals surface area contributed by atoms with E-state index in [0.29, 0.717) is 18.4 Å². The van der Waals surface area contributed by atoms with Gasteiger partial charge in [-0.1, -0.05) is 37.3 Å². The third kappa shape index (κ3) is 4.35. The van der Waals surface area contributed by atoms with E-state index in [1.807, 2.05) is 18.2 Å². The molecule has 1 unspecified atom stereocenters. The Morgan fingerprint density at radius 2 is 1.94 bits per heavy atom. The molecule has 0 aliphatic heterocycles. The van der Waals surface area contributed by atoms with Crippen LogP contribution in [0.25, 0.3) is 0 Å². The standard InChI is InChI=1S/C14H21NO2S/c1-10(12-6-4-3-5-7-12)13(9-18)8-15-11(2)14(16)17/h3-7,10-11,13,15,18H,8-9H2,1-2H3,(H,16,17)/t10?,11-,13+/m0/s1. The molecule has 3 atom stereocenters. The lowest BCUT2D eigenvalue weighted by Gasteiger charge is -2.24. The lowest BCUT2D eigenvalue weighted by molar-refractivity contribution is -0.139. The Morgan fingerprint density at radius 1 is 1.33 bits per heavy atom. The zero-order valence-corrected chi connectivity index (χ0v) is 11.7. The molecule has 18 heavy (non-hydrogen) atoms. The Hall–Kier alpha value is -1.00. The summed E-state index contributed by atoms with van der Waals surface area (Å²) in [7, 11) is 0. The van der Waals surface area contributed by atoms with Gasteiger partial charge in [0.25, 0.3) is 0 Å². The summed E-state index contributed by atoms with van der Waals surface area (Å²) in [6, 6.07) is 9.72. The summed E-state index contributed by atoms with van der Waals surface area (Å²) in [6.07, 6.45) is 0. The number of aliphatic carboxylic acids is 1. The SMILES string of the molecule is CC(c1ccccc1)[C@@H](CS)CN[C@@H](C)C(=O)O. The minimum Gasteiger partial charge on any atom is -0.480 e. The van der Waals surface area contributed by atoms with Gasteiger partial charge in [0.2, 0.25) is 0 Å². The first-order chi connectivity index (χ1) is 8.56. The molecule has 0 radical (unpaired) electrons. The first-order valence-corrected chi connectivity index (χ1v) is 6.81. The van der Waals surface area contributed by atoms with Crippen molar-refractivity contribution in [2.45, 2.75) is 25.8 Å². The first-order valence-electron chi connectivity index (χ1n) is 6.18. The van der Waals surface area contributed by atoms with Crippen molar-refractivity contribution < 1.29 is 9.90 Å². The minimum absolute atomic E-state index is 0.317. The van der Waals surface area contributed by atoms with Gasteiger partial charge in [0.1, 0.15) is 6.04 Å². The molecule has 4 heteroatoms. The summed E-state index contributed by atoms with van der Waals surface area (Å²) in [5, 5.41) is 11.9. The molecule has 0 heterocycles. The Kier molecular flexibility index (Phi) is 6.22. The molecular weight excluding hydrogens is 246 g/mol. The van der Waals surface area contributed by atoms with Gasteiger partial charge >= 0.3 is 5.97 Å². The summed E-state index contributed by atoms with van der Waals surface area (Å²) in [6.45, 7) is 4.47. The number of benzene rings is 1. The van der Waals surface area contributed by atoms with E-state index < -0.39 is 12.0 Å². The number of carboxylic acids is 1. The van der Waals surface area contributed by atoms with Crippen molar-refractivity contribution in [2.24, 2.45) is 5.92 Å². The summed E-state index contributed by atoms with van der Waals surface area (Å²) in [5.41, 5.74) is 1.27. The maximum absolute atomic E-state index is 10.8. The molecule has 0 aromatic heterocycles. The normalized spacial score (nSPS) is 15.9. The highest BCUT2D eigenvalue weighted by molar-refractivity contribution is 7.80. The molecule has 100 valence electrons. The van der Waals surface area contributed by atoms with Gasteiger partial charge in [-0.15, -0.1) is 0 Å². The molecule has 0 aliphatic carbocycles. The summed E-state index contributed by atoms with van der Waals surface area (Å²) in [5.74, 6) is 0.588. The van der Waals surface area contributed by atoms with Gasteiger partial charge in [0.05, 0.1) is 0 Å². The van der Waals surface area contributed by atoms with Crippen LogP contribution in [-0.2, 0) is 4.79 Å². The molecule has 1 rings (SSSR count). The fourth-order valence-corrected chi connectivity index (χ4v) is 2.29. The van der Waals surface area contributed by atoms with Crippen LogP contribution in [-0.4, -0.2) is 29.4 Å². The van der Waals surface area contributed by atoms with Crippen molar-refractivity contribution in [3.63, 3.8) is 0 Å². The molecular formula is C14H21NO2S. The molecule has 0 saturated heterocycles. The largest absolute Gasteiger partial charge is 0.480 e. The van der Waals surface area contributed by atoms with Gasteiger partial charge < -0.3 is 10.4 Å². The molecule has 0 fully saturated rings. The van der Waals surface area contributed by atoms with Crippen LogP contribution in [0.1, 0.15) is 25.3 Å². The van der Waals surface area contributed by atoms with Crippen LogP contribution in [0.15, 0.2) is 30.3 Å². The molecule has 0 bridgehead atoms. The van der Waals surface area contributed by atoms with Crippen LogP contribution < -0.4 is 5.32 Å². The van der Waals surface area contributed by atoms with Crippen LogP contribution in [0.3, 0.4) is 0 Å². The average molecular weight is 267 g/mol. The zero-order chi connectivity index (χ0) is 13.5. The maximum atomic E-state index is 10.8. The second-order valence-electron chi connectivity index (χ2n) is 4.61. The van der Waals surface area contributed by atoms with E-state index in [2.05, 4.69) is 37.0 Å². The van der Waals surface area contributed by atoms with E-state index in [1.54, 1.807) is 6.92 Å². The number of hydrogen-bond acceptors (Lipinski definition) is 3. The molecule has 0 aliphatic rings. The molecule has 0 spiro atoms. The second-order valence-corrected chi connectivity index (χ2v) is 4.98. The van der Waals surface area contributed by atoms with Crippen LogP contribution in [0.4, 0.5) is 0 Å². The van der Waals surface area contributed by atoms with Crippen molar-refractivity contribution in [3.05, 3.63) is 35.9 Å². The number of thiol groups is 1. The molecule has 0 saturated carbocycles. The third-order valence-corrected chi connectivity index (χ3v) is 3.79. The fraction of sp³-hybridized carbons (Fsp3) is 0.500. The van der Waals surface area contributed by atoms with Gasteiger partial charge in [0, 0.05) is 6.54 Å². The zero-order valence-electron chi connectivity index (χ0n) is 10.8. The van der Waals surface area contributed by atoms with Gasteiger partial charge in [-0.25, -0.2) is 0 Å². The quantitative estimate of drug-likeness (QED) is 0.665. The monoisotopic (exact) mass is 267 g/mol. The van der Waals surface area contributed by atoms with Crippen molar-refractivity contribution in [2.75, 3.05) is 12.3 Å². The lowest BCUT2D eigenvalue weighted by Crippen LogP contribution is -2.38. The highest BCUT2D eigenvalue weighted by atomic mass is 32.1. The number of hydrogen-bond donors (Lipinski definition) is 3. The molecule has 1 aromatic rings. The van der Waals surface area contributed by atoms with Crippen molar-refractivity contribution >= 4 is 18.6 Å². The lowest BCUT2D eigenvalue weighted by atomic mass is 9.88. The highest BCUT2D eigenvalue weighted by Gasteiger charge is 2.19. The number of rotatable bonds is 7. The van der Waals surface area contributed by atoms with E-state index in [-0.39, 0.29) is 0 Å². The van der Waals surface area contributed by atoms with E-state index >= 15 is 0 Å². The second kappa shape index (κ2) is 7.44. The fourth-order valence-electron chi connectivity index (χ4n) is 1.84. The molecule has 1 aromatic carbocycles. The van der Waals surface area contributed by atoms with Crippen molar-refractivity contribution in [1.29, 1.82) is 0 Å². The van der Waals surface area contributed by atoms with Crippen molar-refractivity contribution in [3.8, 4) is 0 Å². The van der Waals surface area contributed by atoms with Gasteiger partial charge in [-0.05, 0) is 30.1 Å². The predicted molar refractivity (Wildman–Crippen MR) is 77.3 cm³/mol. The first kappa shape index (κ1) is 15.1. The molecule has 2 N–H and O–H groups in total. The van der Waals surface area contributed by atoms with Gasteiger partial charge in [-0.2, -0.15) is 12.6 Å². The number of nitrogens with one attached hydrogen (secondary N) is 1. The summed E-state index contributed by atoms with van der Waals surface area (Å²) < 4.78 is 0. The van der Waals surface area contributed by atoms with E-state index in [4.69, 9.17) is 5.11 Å². The molecule has 0 amide bonds. The van der Waals surface area contributed by atoms with E-state index in [9.17, 15) is 4.79 Å². The Balaban J connectivity index is 2.58. The predicted octanol–water partition coefficient (Wildman–Crippen LogP) is 2.40. The summed E-state index contributed by atoms with van der Waals surface area (Å²) >= 11 is 4.37. The third-order valence-electron chi connectivity index (χ3n) is 3.32. The van der Waals surface area contributed by atoms with E-state index in [0.717, 1.165) is 5.75 Å². The smallest absolute Gasteiger partial charge is 0.320 e. The average Bonchev–Trinajstić information content (AvgIpc) is 2.39. The minimum atomic E-state index is -0.819.